The average molecular weight is 739 g/mol. The lowest BCUT2D eigenvalue weighted by Gasteiger charge is -2.15. The molecule has 20 heteroatoms. The van der Waals surface area contributed by atoms with E-state index < -0.39 is 57.6 Å². The second-order valence-corrected chi connectivity index (χ2v) is 12.7. The predicted molar refractivity (Wildman–Crippen MR) is 181 cm³/mol. The molecule has 3 aromatic rings. The van der Waals surface area contributed by atoms with Crippen molar-refractivity contribution in [1.82, 2.24) is 0 Å². The first kappa shape index (κ1) is 40.9. The molecule has 4 atom stereocenters. The maximum Gasteiger partial charge on any atom is 0.294 e. The van der Waals surface area contributed by atoms with E-state index in [0.29, 0.717) is 0 Å². The first-order valence-corrected chi connectivity index (χ1v) is 16.6. The van der Waals surface area contributed by atoms with Crippen LogP contribution in [0.3, 0.4) is 0 Å². The third-order valence-corrected chi connectivity index (χ3v) is 9.18. The highest BCUT2D eigenvalue weighted by atomic mass is 32.2. The van der Waals surface area contributed by atoms with Crippen molar-refractivity contribution in [1.29, 1.82) is 0 Å². The molecule has 0 bridgehead atoms. The van der Waals surface area contributed by atoms with Gasteiger partial charge in [0, 0.05) is 11.5 Å². The van der Waals surface area contributed by atoms with E-state index in [1.54, 1.807) is 13.8 Å². The number of fused-ring (bicyclic) bond motifs is 1. The van der Waals surface area contributed by atoms with E-state index >= 15 is 0 Å². The first-order chi connectivity index (χ1) is 23.5. The van der Waals surface area contributed by atoms with Crippen LogP contribution in [0, 0.1) is 54.3 Å². The topological polar surface area (TPSA) is 244 Å². The van der Waals surface area contributed by atoms with E-state index in [9.17, 15) is 50.0 Å². The number of benzene rings is 3. The van der Waals surface area contributed by atoms with Gasteiger partial charge in [0.25, 0.3) is 20.3 Å². The molecule has 0 aliphatic carbocycles. The molecule has 18 nitrogen and oxygen atoms in total. The van der Waals surface area contributed by atoms with Crippen molar-refractivity contribution >= 4 is 44.5 Å². The highest BCUT2D eigenvalue weighted by Crippen LogP contribution is 2.27. The van der Waals surface area contributed by atoms with Gasteiger partial charge >= 0.3 is 0 Å². The molecule has 3 aromatic carbocycles. The number of carbonyl (C=O) groups excluding carboxylic acids is 2. The smallest absolute Gasteiger partial charge is 0.294 e. The zero-order valence-corrected chi connectivity index (χ0v) is 28.9. The molecule has 4 unspecified atom stereocenters. The molecule has 0 amide bonds. The fraction of sp³-hybridized carbons (Fsp3) is 0.400. The van der Waals surface area contributed by atoms with Gasteiger partial charge in [-0.25, -0.2) is 0 Å². The number of hydrogen-bond acceptors (Lipinski definition) is 16. The number of hydrogen-bond donors (Lipinski definition) is 0. The molecule has 0 aromatic heterocycles. The summed E-state index contributed by atoms with van der Waals surface area (Å²) in [6.07, 6.45) is -2.42. The first-order valence-electron chi connectivity index (χ1n) is 14.6. The fourth-order valence-corrected chi connectivity index (χ4v) is 5.92. The molecule has 0 N–H and O–H groups in total. The van der Waals surface area contributed by atoms with Crippen LogP contribution in [-0.2, 0) is 28.9 Å². The Morgan fingerprint density at radius 2 is 1.00 bits per heavy atom. The fourth-order valence-electron chi connectivity index (χ4n) is 4.13. The summed E-state index contributed by atoms with van der Waals surface area (Å²) in [6.45, 7) is 6.14. The lowest BCUT2D eigenvalue weighted by Crippen LogP contribution is -2.27. The Morgan fingerprint density at radius 1 is 0.600 bits per heavy atom. The van der Waals surface area contributed by atoms with E-state index in [2.05, 4.69) is 25.4 Å². The largest absolute Gasteiger partial charge is 0.312 e. The summed E-state index contributed by atoms with van der Waals surface area (Å²) in [5, 5.41) is 38.6. The molecule has 0 aliphatic heterocycles. The van der Waals surface area contributed by atoms with Crippen molar-refractivity contribution in [2.45, 2.75) is 51.7 Å². The van der Waals surface area contributed by atoms with Crippen molar-refractivity contribution in [3.05, 3.63) is 123 Å². The Bertz CT molecular complexity index is 1660. The summed E-state index contributed by atoms with van der Waals surface area (Å²) >= 11 is 1.63. The van der Waals surface area contributed by atoms with E-state index in [1.807, 2.05) is 68.4 Å². The summed E-state index contributed by atoms with van der Waals surface area (Å²) in [6, 6.07) is 19.2. The second kappa shape index (κ2) is 20.3. The Hall–Kier alpha value is -5.24. The van der Waals surface area contributed by atoms with Crippen molar-refractivity contribution < 1.29 is 49.3 Å². The SMILES string of the molecule is Cc1ccc(C(C)C(=O)SCC(CO[N+](=O)[O-])O[N+](=O)[O-])cc1.Cc1ccc2cc(C(C)C(=O)SCC(CO[N+](=O)[O-])O[N+](=O)[O-])ccc2c1. The quantitative estimate of drug-likeness (QED) is 0.116. The van der Waals surface area contributed by atoms with E-state index in [4.69, 9.17) is 0 Å². The molecule has 50 heavy (non-hydrogen) atoms. The average Bonchev–Trinajstić information content (AvgIpc) is 3.06. The van der Waals surface area contributed by atoms with Crippen molar-refractivity contribution in [2.75, 3.05) is 24.7 Å². The minimum Gasteiger partial charge on any atom is -0.312 e. The Balaban J connectivity index is 0.000000352. The minimum atomic E-state index is -1.22. The van der Waals surface area contributed by atoms with Gasteiger partial charge < -0.3 is 19.4 Å². The van der Waals surface area contributed by atoms with E-state index in [0.717, 1.165) is 56.6 Å². The monoisotopic (exact) mass is 738 g/mol. The summed E-state index contributed by atoms with van der Waals surface area (Å²) in [4.78, 5) is 82.5. The Morgan fingerprint density at radius 3 is 1.46 bits per heavy atom. The third kappa shape index (κ3) is 14.9. The van der Waals surface area contributed by atoms with Crippen LogP contribution < -0.4 is 0 Å². The predicted octanol–water partition coefficient (Wildman–Crippen LogP) is 5.44. The van der Waals surface area contributed by atoms with Gasteiger partial charge in [-0.05, 0) is 35.7 Å². The minimum absolute atomic E-state index is 0.121. The number of carbonyl (C=O) groups is 2. The third-order valence-electron chi connectivity index (χ3n) is 6.83. The highest BCUT2D eigenvalue weighted by molar-refractivity contribution is 8.14. The summed E-state index contributed by atoms with van der Waals surface area (Å²) in [5.41, 5.74) is 3.85. The van der Waals surface area contributed by atoms with Gasteiger partial charge in [-0.15, -0.1) is 40.5 Å². The number of nitrogens with zero attached hydrogens (tertiary/aromatic N) is 4. The highest BCUT2D eigenvalue weighted by Gasteiger charge is 2.23. The van der Waals surface area contributed by atoms with E-state index in [1.165, 1.54) is 0 Å². The molecule has 0 radical (unpaired) electrons. The van der Waals surface area contributed by atoms with Crippen LogP contribution in [0.2, 0.25) is 0 Å². The molecule has 0 heterocycles. The Labute approximate surface area is 293 Å². The van der Waals surface area contributed by atoms with Gasteiger partial charge in [0.1, 0.15) is 25.4 Å². The van der Waals surface area contributed by atoms with Gasteiger partial charge in [-0.3, -0.25) is 9.59 Å². The van der Waals surface area contributed by atoms with Gasteiger partial charge in [-0.2, -0.15) is 0 Å². The molecule has 270 valence electrons. The standard InChI is InChI=1S/C17H18N2O7S.C13H16N2O7S/c1-11-3-4-15-8-13(5-6-14(15)7-11)12(2)17(20)27-10-16(26-19(23)24)9-25-18(21)22;1-9-3-5-11(6-4-9)10(2)13(16)23-8-12(22-15(19)20)7-21-14(17)18/h3-8,12,16H,9-10H2,1-2H3;3-6,10,12H,7-8H2,1-2H3. The molecule has 0 saturated carbocycles. The van der Waals surface area contributed by atoms with Crippen LogP contribution >= 0.6 is 23.5 Å². The van der Waals surface area contributed by atoms with Crippen molar-refractivity contribution in [3.63, 3.8) is 0 Å². The van der Waals surface area contributed by atoms with Crippen LogP contribution in [0.25, 0.3) is 10.8 Å². The van der Waals surface area contributed by atoms with Gasteiger partial charge in [0.2, 0.25) is 0 Å². The summed E-state index contributed by atoms with van der Waals surface area (Å²) in [5.74, 6) is -1.11. The maximum absolute atomic E-state index is 12.4. The van der Waals surface area contributed by atoms with Crippen LogP contribution in [0.1, 0.15) is 47.9 Å². The van der Waals surface area contributed by atoms with Gasteiger partial charge in [-0.1, -0.05) is 109 Å². The zero-order valence-electron chi connectivity index (χ0n) is 27.2. The molecule has 3 rings (SSSR count). The van der Waals surface area contributed by atoms with Crippen LogP contribution in [0.5, 0.6) is 0 Å². The molecule has 0 saturated heterocycles. The normalized spacial score (nSPS) is 13.0. The zero-order chi connectivity index (χ0) is 37.4. The number of thioether (sulfide) groups is 2. The summed E-state index contributed by atoms with van der Waals surface area (Å²) < 4.78 is 0. The van der Waals surface area contributed by atoms with Crippen molar-refractivity contribution in [2.24, 2.45) is 0 Å². The molecule has 0 spiro atoms. The van der Waals surface area contributed by atoms with Gasteiger partial charge in [0.15, 0.2) is 10.2 Å². The van der Waals surface area contributed by atoms with Crippen LogP contribution in [0.15, 0.2) is 60.7 Å². The molecule has 0 aliphatic rings. The molecule has 0 fully saturated rings. The maximum atomic E-state index is 12.4. The van der Waals surface area contributed by atoms with Crippen LogP contribution in [0.4, 0.5) is 0 Å². The summed E-state index contributed by atoms with van der Waals surface area (Å²) in [7, 11) is 0. The lowest BCUT2D eigenvalue weighted by molar-refractivity contribution is -0.788. The number of aryl methyl sites for hydroxylation is 2. The Kier molecular flexibility index (Phi) is 16.6. The molecular weight excluding hydrogens is 704 g/mol. The van der Waals surface area contributed by atoms with Gasteiger partial charge in [0.05, 0.1) is 11.8 Å². The van der Waals surface area contributed by atoms with E-state index in [-0.39, 0.29) is 21.7 Å². The van der Waals surface area contributed by atoms with Crippen molar-refractivity contribution in [3.8, 4) is 0 Å². The second-order valence-electron chi connectivity index (χ2n) is 10.7. The number of rotatable bonds is 18. The molecular formula is C30H34N4O14S2. The lowest BCUT2D eigenvalue weighted by atomic mass is 9.98. The van der Waals surface area contributed by atoms with Crippen LogP contribution in [-0.4, -0.2) is 67.5 Å².